The molecule has 112 valence electrons. The Balaban J connectivity index is 2.47. The Morgan fingerprint density at radius 2 is 2.00 bits per heavy atom. The molecule has 1 aromatic carbocycles. The fourth-order valence-corrected chi connectivity index (χ4v) is 1.90. The molecule has 20 heavy (non-hydrogen) atoms. The number of carbonyl (C=O) groups is 1. The lowest BCUT2D eigenvalue weighted by atomic mass is 10.1. The second-order valence-electron chi connectivity index (χ2n) is 5.05. The molecule has 3 N–H and O–H groups in total. The summed E-state index contributed by atoms with van der Waals surface area (Å²) in [5.74, 6) is -0.475. The molecule has 0 saturated carbocycles. The number of rotatable bonds is 7. The Kier molecular flexibility index (Phi) is 6.61. The molecule has 0 aliphatic carbocycles. The third-order valence-electron chi connectivity index (χ3n) is 3.33. The van der Waals surface area contributed by atoms with Gasteiger partial charge in [-0.3, -0.25) is 4.79 Å². The molecule has 2 unspecified atom stereocenters. The number of hydrogen-bond donors (Lipinski definition) is 2. The van der Waals surface area contributed by atoms with E-state index in [9.17, 15) is 14.3 Å². The Labute approximate surface area is 119 Å². The van der Waals surface area contributed by atoms with Crippen LogP contribution < -0.4 is 5.73 Å². The van der Waals surface area contributed by atoms with Gasteiger partial charge < -0.3 is 15.7 Å². The number of halogens is 1. The van der Waals surface area contributed by atoms with E-state index in [1.165, 1.54) is 17.0 Å². The highest BCUT2D eigenvalue weighted by Crippen LogP contribution is 2.07. The van der Waals surface area contributed by atoms with Crippen LogP contribution in [0.2, 0.25) is 0 Å². The minimum absolute atomic E-state index is 0.169. The number of nitrogens with zero attached hydrogens (tertiary/aromatic N) is 1. The molecular formula is C15H23FN2O2. The van der Waals surface area contributed by atoms with Crippen molar-refractivity contribution in [3.63, 3.8) is 0 Å². The van der Waals surface area contributed by atoms with E-state index in [0.29, 0.717) is 25.8 Å². The summed E-state index contributed by atoms with van der Waals surface area (Å²) in [6, 6.07) is 5.32. The van der Waals surface area contributed by atoms with Crippen molar-refractivity contribution in [1.29, 1.82) is 0 Å². The number of hydrogen-bond acceptors (Lipinski definition) is 3. The fraction of sp³-hybridized carbons (Fsp3) is 0.533. The average molecular weight is 282 g/mol. The third-order valence-corrected chi connectivity index (χ3v) is 3.33. The molecule has 5 heteroatoms. The van der Waals surface area contributed by atoms with Gasteiger partial charge in [0.1, 0.15) is 5.82 Å². The van der Waals surface area contributed by atoms with Crippen LogP contribution in [0.5, 0.6) is 0 Å². The number of nitrogens with two attached hydrogens (primary N) is 1. The summed E-state index contributed by atoms with van der Waals surface area (Å²) in [6.45, 7) is 2.37. The van der Waals surface area contributed by atoms with Gasteiger partial charge in [0.25, 0.3) is 0 Å². The van der Waals surface area contributed by atoms with Crippen LogP contribution in [0.25, 0.3) is 0 Å². The average Bonchev–Trinajstić information content (AvgIpc) is 2.45. The van der Waals surface area contributed by atoms with Crippen LogP contribution in [0, 0.1) is 5.82 Å². The fourth-order valence-electron chi connectivity index (χ4n) is 1.90. The lowest BCUT2D eigenvalue weighted by Gasteiger charge is -2.22. The van der Waals surface area contributed by atoms with Crippen molar-refractivity contribution in [1.82, 2.24) is 4.90 Å². The first-order chi connectivity index (χ1) is 9.43. The van der Waals surface area contributed by atoms with Crippen LogP contribution in [-0.4, -0.2) is 41.7 Å². The molecule has 4 nitrogen and oxygen atoms in total. The van der Waals surface area contributed by atoms with E-state index in [4.69, 9.17) is 5.73 Å². The van der Waals surface area contributed by atoms with Gasteiger partial charge in [0.15, 0.2) is 0 Å². The maximum Gasteiger partial charge on any atom is 0.239 e. The zero-order valence-electron chi connectivity index (χ0n) is 12.1. The first-order valence-corrected chi connectivity index (χ1v) is 6.87. The highest BCUT2D eigenvalue weighted by Gasteiger charge is 2.18. The Hall–Kier alpha value is -1.46. The smallest absolute Gasteiger partial charge is 0.239 e. The molecule has 1 aromatic rings. The Morgan fingerprint density at radius 1 is 1.40 bits per heavy atom. The van der Waals surface area contributed by atoms with E-state index in [1.807, 2.05) is 6.92 Å². The predicted octanol–water partition coefficient (Wildman–Crippen LogP) is 1.31. The zero-order chi connectivity index (χ0) is 15.1. The van der Waals surface area contributed by atoms with Gasteiger partial charge in [0.05, 0.1) is 12.1 Å². The molecule has 0 saturated heterocycles. The lowest BCUT2D eigenvalue weighted by molar-refractivity contribution is -0.131. The first kappa shape index (κ1) is 16.6. The number of aliphatic hydroxyl groups excluding tert-OH is 1. The van der Waals surface area contributed by atoms with Gasteiger partial charge in [0, 0.05) is 13.6 Å². The second kappa shape index (κ2) is 7.97. The molecule has 0 aliphatic rings. The first-order valence-electron chi connectivity index (χ1n) is 6.87. The minimum Gasteiger partial charge on any atom is -0.393 e. The Morgan fingerprint density at radius 3 is 2.55 bits per heavy atom. The number of likely N-dealkylation sites (N-methyl/N-ethyl adjacent to an activating group) is 1. The van der Waals surface area contributed by atoms with Crippen molar-refractivity contribution in [2.24, 2.45) is 5.73 Å². The van der Waals surface area contributed by atoms with Crippen molar-refractivity contribution in [2.45, 2.75) is 38.3 Å². The summed E-state index contributed by atoms with van der Waals surface area (Å²) >= 11 is 0. The maximum absolute atomic E-state index is 12.8. The molecule has 2 atom stereocenters. The van der Waals surface area contributed by atoms with Crippen LogP contribution >= 0.6 is 0 Å². The van der Waals surface area contributed by atoms with Crippen LogP contribution in [0.15, 0.2) is 24.3 Å². The molecule has 0 bridgehead atoms. The summed E-state index contributed by atoms with van der Waals surface area (Å²) < 4.78 is 12.8. The number of amides is 1. The van der Waals surface area contributed by atoms with Crippen molar-refractivity contribution in [3.8, 4) is 0 Å². The van der Waals surface area contributed by atoms with Gasteiger partial charge in [-0.25, -0.2) is 4.39 Å². The van der Waals surface area contributed by atoms with Gasteiger partial charge in [-0.2, -0.15) is 0 Å². The highest BCUT2D eigenvalue weighted by atomic mass is 19.1. The summed E-state index contributed by atoms with van der Waals surface area (Å²) in [5, 5.41) is 9.48. The van der Waals surface area contributed by atoms with E-state index in [-0.39, 0.29) is 11.7 Å². The largest absolute Gasteiger partial charge is 0.393 e. The van der Waals surface area contributed by atoms with Gasteiger partial charge in [-0.1, -0.05) is 19.1 Å². The Bertz CT molecular complexity index is 422. The van der Waals surface area contributed by atoms with Gasteiger partial charge in [-0.05, 0) is 37.0 Å². The zero-order valence-corrected chi connectivity index (χ0v) is 12.1. The normalized spacial score (nSPS) is 13.8. The van der Waals surface area contributed by atoms with Crippen molar-refractivity contribution in [2.75, 3.05) is 13.6 Å². The standard InChI is InChI=1S/C15H23FN2O2/c1-3-13(19)8-9-18(2)15(20)14(17)10-11-4-6-12(16)7-5-11/h4-7,13-14,19H,3,8-10,17H2,1-2H3. The molecule has 0 heterocycles. The molecule has 0 spiro atoms. The maximum atomic E-state index is 12.8. The van der Waals surface area contributed by atoms with Crippen LogP contribution in [0.1, 0.15) is 25.3 Å². The molecule has 0 fully saturated rings. The molecule has 1 rings (SSSR count). The summed E-state index contributed by atoms with van der Waals surface area (Å²) in [7, 11) is 1.68. The third kappa shape index (κ3) is 5.27. The quantitative estimate of drug-likeness (QED) is 0.792. The molecular weight excluding hydrogens is 259 g/mol. The summed E-state index contributed by atoms with van der Waals surface area (Å²) in [4.78, 5) is 13.6. The molecule has 0 aliphatic heterocycles. The van der Waals surface area contributed by atoms with E-state index >= 15 is 0 Å². The number of aliphatic hydroxyl groups is 1. The van der Waals surface area contributed by atoms with E-state index in [2.05, 4.69) is 0 Å². The van der Waals surface area contributed by atoms with E-state index in [0.717, 1.165) is 5.56 Å². The molecule has 0 aromatic heterocycles. The highest BCUT2D eigenvalue weighted by molar-refractivity contribution is 5.81. The predicted molar refractivity (Wildman–Crippen MR) is 76.6 cm³/mol. The molecule has 0 radical (unpaired) electrons. The summed E-state index contributed by atoms with van der Waals surface area (Å²) in [6.07, 6.45) is 1.20. The summed E-state index contributed by atoms with van der Waals surface area (Å²) in [5.41, 5.74) is 6.71. The van der Waals surface area contributed by atoms with E-state index in [1.54, 1.807) is 19.2 Å². The van der Waals surface area contributed by atoms with Crippen molar-refractivity contribution >= 4 is 5.91 Å². The van der Waals surface area contributed by atoms with Crippen LogP contribution in [0.3, 0.4) is 0 Å². The lowest BCUT2D eigenvalue weighted by Crippen LogP contribution is -2.43. The van der Waals surface area contributed by atoms with Gasteiger partial charge in [0.2, 0.25) is 5.91 Å². The van der Waals surface area contributed by atoms with Crippen LogP contribution in [-0.2, 0) is 11.2 Å². The van der Waals surface area contributed by atoms with E-state index < -0.39 is 12.1 Å². The number of carbonyl (C=O) groups excluding carboxylic acids is 1. The van der Waals surface area contributed by atoms with Crippen molar-refractivity contribution in [3.05, 3.63) is 35.6 Å². The monoisotopic (exact) mass is 282 g/mol. The molecule has 1 amide bonds. The SMILES string of the molecule is CCC(O)CCN(C)C(=O)C(N)Cc1ccc(F)cc1. The second-order valence-corrected chi connectivity index (χ2v) is 5.05. The number of benzene rings is 1. The van der Waals surface area contributed by atoms with Gasteiger partial charge >= 0.3 is 0 Å². The van der Waals surface area contributed by atoms with Gasteiger partial charge in [-0.15, -0.1) is 0 Å². The van der Waals surface area contributed by atoms with Crippen LogP contribution in [0.4, 0.5) is 4.39 Å². The van der Waals surface area contributed by atoms with Crippen molar-refractivity contribution < 1.29 is 14.3 Å². The topological polar surface area (TPSA) is 66.6 Å². The minimum atomic E-state index is -0.649.